The maximum absolute atomic E-state index is 12.0. The van der Waals surface area contributed by atoms with Crippen LogP contribution in [0, 0.1) is 0 Å². The molecular weight excluding hydrogens is 391 g/mol. The number of anilines is 1. The molecule has 0 saturated carbocycles. The molecule has 2 N–H and O–H groups in total. The predicted molar refractivity (Wildman–Crippen MR) is 91.8 cm³/mol. The summed E-state index contributed by atoms with van der Waals surface area (Å²) in [7, 11) is 0. The Morgan fingerprint density at radius 1 is 1.24 bits per heavy atom. The van der Waals surface area contributed by atoms with Gasteiger partial charge in [0, 0.05) is 12.4 Å². The molecule has 11 heteroatoms. The molecule has 0 bridgehead atoms. The number of carbonyl (C=O) groups is 2. The van der Waals surface area contributed by atoms with Gasteiger partial charge < -0.3 is 15.2 Å². The van der Waals surface area contributed by atoms with Crippen molar-refractivity contribution in [3.05, 3.63) is 44.3 Å². The van der Waals surface area contributed by atoms with E-state index in [0.29, 0.717) is 15.7 Å². The van der Waals surface area contributed by atoms with E-state index in [0.717, 1.165) is 11.8 Å². The lowest BCUT2D eigenvalue weighted by Gasteiger charge is -2.08. The minimum absolute atomic E-state index is 0.0131. The number of hydrogen-bond acceptors (Lipinski definition) is 7. The third kappa shape index (κ3) is 5.73. The molecule has 2 rings (SSSR count). The molecule has 25 heavy (non-hydrogen) atoms. The number of para-hydroxylation sites is 1. The number of aromatic amines is 1. The number of aryl methyl sites for hydroxylation is 1. The van der Waals surface area contributed by atoms with Crippen LogP contribution in [0.5, 0.6) is 0 Å². The Morgan fingerprint density at radius 2 is 1.92 bits per heavy atom. The van der Waals surface area contributed by atoms with Crippen molar-refractivity contribution in [3.8, 4) is 0 Å². The third-order valence-corrected chi connectivity index (χ3v) is 4.37. The van der Waals surface area contributed by atoms with Crippen molar-refractivity contribution in [3.63, 3.8) is 0 Å². The van der Waals surface area contributed by atoms with Crippen LogP contribution in [0.3, 0.4) is 0 Å². The van der Waals surface area contributed by atoms with Gasteiger partial charge >= 0.3 is 0 Å². The average Bonchev–Trinajstić information content (AvgIpc) is 2.55. The molecule has 0 aliphatic rings. The topological polar surface area (TPSA) is 128 Å². The summed E-state index contributed by atoms with van der Waals surface area (Å²) in [5.41, 5.74) is -0.275. The highest BCUT2D eigenvalue weighted by Gasteiger charge is 2.11. The Kier molecular flexibility index (Phi) is 6.80. The quantitative estimate of drug-likeness (QED) is 0.658. The molecule has 132 valence electrons. The SMILES string of the molecule is O=C([O-])CCc1nnc(SCC(=O)Nc2c(Cl)cccc2Cl)[nH]c1=O. The Balaban J connectivity index is 1.94. The van der Waals surface area contributed by atoms with Crippen molar-refractivity contribution in [2.75, 3.05) is 11.1 Å². The Bertz CT molecular complexity index is 839. The van der Waals surface area contributed by atoms with Gasteiger partial charge in [0.15, 0.2) is 5.16 Å². The molecule has 8 nitrogen and oxygen atoms in total. The summed E-state index contributed by atoms with van der Waals surface area (Å²) >= 11 is 12.9. The van der Waals surface area contributed by atoms with E-state index >= 15 is 0 Å². The number of rotatable bonds is 7. The predicted octanol–water partition coefficient (Wildman–Crippen LogP) is 0.885. The highest BCUT2D eigenvalue weighted by molar-refractivity contribution is 7.99. The number of aromatic nitrogens is 3. The van der Waals surface area contributed by atoms with Crippen molar-refractivity contribution in [1.82, 2.24) is 15.2 Å². The van der Waals surface area contributed by atoms with Gasteiger partial charge in [0.2, 0.25) is 5.91 Å². The lowest BCUT2D eigenvalue weighted by molar-refractivity contribution is -0.305. The standard InChI is InChI=1S/C14H12Cl2N4O4S/c15-7-2-1-3-8(16)12(7)17-10(21)6-25-14-18-13(24)9(19-20-14)4-5-11(22)23/h1-3H,4-6H2,(H,17,21)(H,22,23)(H,18,20,24)/p-1. The number of amides is 1. The zero-order valence-electron chi connectivity index (χ0n) is 12.5. The van der Waals surface area contributed by atoms with Crippen molar-refractivity contribution in [1.29, 1.82) is 0 Å². The molecule has 1 aromatic heterocycles. The smallest absolute Gasteiger partial charge is 0.273 e. The second-order valence-corrected chi connectivity index (χ2v) is 6.49. The molecule has 1 heterocycles. The van der Waals surface area contributed by atoms with Crippen LogP contribution >= 0.6 is 35.0 Å². The van der Waals surface area contributed by atoms with Crippen LogP contribution in [-0.4, -0.2) is 32.8 Å². The number of H-pyrrole nitrogens is 1. The largest absolute Gasteiger partial charge is 0.550 e. The Labute approximate surface area is 155 Å². The molecule has 2 aromatic rings. The number of carbonyl (C=O) groups excluding carboxylic acids is 2. The van der Waals surface area contributed by atoms with Gasteiger partial charge in [-0.05, 0) is 18.6 Å². The van der Waals surface area contributed by atoms with E-state index in [4.69, 9.17) is 23.2 Å². The first-order valence-corrected chi connectivity index (χ1v) is 8.63. The first-order chi connectivity index (χ1) is 11.9. The summed E-state index contributed by atoms with van der Waals surface area (Å²) in [5, 5.41) is 21.1. The van der Waals surface area contributed by atoms with Gasteiger partial charge in [0.25, 0.3) is 5.56 Å². The lowest BCUT2D eigenvalue weighted by atomic mass is 10.2. The summed E-state index contributed by atoms with van der Waals surface area (Å²) in [6.07, 6.45) is -0.410. The monoisotopic (exact) mass is 401 g/mol. The molecule has 0 spiro atoms. The first-order valence-electron chi connectivity index (χ1n) is 6.89. The fraction of sp³-hybridized carbons (Fsp3) is 0.214. The number of benzene rings is 1. The average molecular weight is 402 g/mol. The summed E-state index contributed by atoms with van der Waals surface area (Å²) < 4.78 is 0. The maximum Gasteiger partial charge on any atom is 0.273 e. The highest BCUT2D eigenvalue weighted by atomic mass is 35.5. The minimum atomic E-state index is -1.28. The van der Waals surface area contributed by atoms with Crippen LogP contribution in [0.4, 0.5) is 5.69 Å². The van der Waals surface area contributed by atoms with E-state index in [-0.39, 0.29) is 29.4 Å². The number of halogens is 2. The first kappa shape index (κ1) is 19.2. The number of aliphatic carboxylic acids is 1. The molecule has 0 saturated heterocycles. The van der Waals surface area contributed by atoms with E-state index < -0.39 is 17.4 Å². The van der Waals surface area contributed by atoms with Gasteiger partial charge in [-0.2, -0.15) is 0 Å². The van der Waals surface area contributed by atoms with Crippen LogP contribution in [-0.2, 0) is 16.0 Å². The van der Waals surface area contributed by atoms with Crippen LogP contribution in [0.15, 0.2) is 28.2 Å². The van der Waals surface area contributed by atoms with Crippen LogP contribution < -0.4 is 16.0 Å². The molecule has 0 aliphatic carbocycles. The lowest BCUT2D eigenvalue weighted by Crippen LogP contribution is -2.25. The molecular formula is C14H11Cl2N4O4S-. The normalized spacial score (nSPS) is 10.5. The summed E-state index contributed by atoms with van der Waals surface area (Å²) in [4.78, 5) is 36.5. The molecule has 0 aliphatic heterocycles. The molecule has 1 amide bonds. The Hall–Kier alpha value is -2.10. The molecule has 0 radical (unpaired) electrons. The van der Waals surface area contributed by atoms with E-state index in [1.165, 1.54) is 0 Å². The maximum atomic E-state index is 12.0. The van der Waals surface area contributed by atoms with E-state index in [2.05, 4.69) is 20.5 Å². The van der Waals surface area contributed by atoms with Crippen LogP contribution in [0.25, 0.3) is 0 Å². The van der Waals surface area contributed by atoms with Crippen molar-refractivity contribution >= 4 is 52.5 Å². The Morgan fingerprint density at radius 3 is 2.52 bits per heavy atom. The number of nitrogens with zero attached hydrogens (tertiary/aromatic N) is 2. The van der Waals surface area contributed by atoms with Gasteiger partial charge in [-0.15, -0.1) is 10.2 Å². The van der Waals surface area contributed by atoms with Gasteiger partial charge in [-0.3, -0.25) is 14.6 Å². The number of hydrogen-bond donors (Lipinski definition) is 2. The summed E-state index contributed by atoms with van der Waals surface area (Å²) in [6, 6.07) is 4.83. The fourth-order valence-electron chi connectivity index (χ4n) is 1.72. The zero-order chi connectivity index (χ0) is 18.4. The number of carboxylic acid groups (broad SMARTS) is 1. The van der Waals surface area contributed by atoms with Crippen molar-refractivity contribution < 1.29 is 14.7 Å². The van der Waals surface area contributed by atoms with E-state index in [1.807, 2.05) is 0 Å². The number of nitrogens with one attached hydrogen (secondary N) is 2. The summed E-state index contributed by atoms with van der Waals surface area (Å²) in [5.74, 6) is -1.75. The fourth-order valence-corrected chi connectivity index (χ4v) is 2.82. The van der Waals surface area contributed by atoms with Gasteiger partial charge in [0.05, 0.1) is 21.5 Å². The molecule has 0 atom stereocenters. The number of carboxylic acids is 1. The zero-order valence-corrected chi connectivity index (χ0v) is 14.9. The minimum Gasteiger partial charge on any atom is -0.550 e. The number of thioether (sulfide) groups is 1. The summed E-state index contributed by atoms with van der Waals surface area (Å²) in [6.45, 7) is 0. The van der Waals surface area contributed by atoms with Crippen LogP contribution in [0.2, 0.25) is 10.0 Å². The van der Waals surface area contributed by atoms with Crippen LogP contribution in [0.1, 0.15) is 12.1 Å². The second-order valence-electron chi connectivity index (χ2n) is 4.71. The van der Waals surface area contributed by atoms with Crippen molar-refractivity contribution in [2.24, 2.45) is 0 Å². The van der Waals surface area contributed by atoms with Gasteiger partial charge in [-0.25, -0.2) is 0 Å². The highest BCUT2D eigenvalue weighted by Crippen LogP contribution is 2.29. The molecule has 0 fully saturated rings. The molecule has 1 aromatic carbocycles. The second kappa shape index (κ2) is 8.84. The molecule has 0 unspecified atom stereocenters. The van der Waals surface area contributed by atoms with Gasteiger partial charge in [-0.1, -0.05) is 41.0 Å². The third-order valence-electron chi connectivity index (χ3n) is 2.88. The van der Waals surface area contributed by atoms with Crippen molar-refractivity contribution in [2.45, 2.75) is 18.0 Å². The van der Waals surface area contributed by atoms with E-state index in [1.54, 1.807) is 18.2 Å². The van der Waals surface area contributed by atoms with Gasteiger partial charge in [0.1, 0.15) is 5.69 Å². The van der Waals surface area contributed by atoms with E-state index in [9.17, 15) is 19.5 Å².